The summed E-state index contributed by atoms with van der Waals surface area (Å²) in [7, 11) is 0. The van der Waals surface area contributed by atoms with Gasteiger partial charge in [0.2, 0.25) is 0 Å². The summed E-state index contributed by atoms with van der Waals surface area (Å²) in [6.45, 7) is 2.26. The number of rotatable bonds is 4. The predicted molar refractivity (Wildman–Crippen MR) is 87.4 cm³/mol. The van der Waals surface area contributed by atoms with Gasteiger partial charge in [-0.25, -0.2) is 0 Å². The molecule has 4 bridgehead atoms. The normalized spacial score (nSPS) is 62.7. The first-order valence-electron chi connectivity index (χ1n) is 9.06. The van der Waals surface area contributed by atoms with Crippen LogP contribution in [0.15, 0.2) is 0 Å². The van der Waals surface area contributed by atoms with Crippen molar-refractivity contribution in [2.24, 2.45) is 35.5 Å². The molecular formula is C16H22I2N3O2-. The minimum absolute atomic E-state index is 0.0495. The first kappa shape index (κ1) is 13.9. The number of fused-ring (bicyclic) bond motifs is 10. The van der Waals surface area contributed by atoms with E-state index in [9.17, 15) is 4.79 Å². The Kier molecular flexibility index (Phi) is 2.36. The van der Waals surface area contributed by atoms with Gasteiger partial charge in [-0.2, -0.15) is 0 Å². The molecule has 4 aliphatic carbocycles. The average molecular weight is 542 g/mol. The monoisotopic (exact) mass is 542 g/mol. The molecule has 7 aliphatic rings. The Morgan fingerprint density at radius 3 is 2.30 bits per heavy atom. The van der Waals surface area contributed by atoms with Crippen LogP contribution >= 0.6 is 20.4 Å². The van der Waals surface area contributed by atoms with Crippen LogP contribution in [0.25, 0.3) is 0 Å². The van der Waals surface area contributed by atoms with E-state index in [1.54, 1.807) is 0 Å². The summed E-state index contributed by atoms with van der Waals surface area (Å²) in [5.74, 6) is 5.17. The van der Waals surface area contributed by atoms with Crippen LogP contribution in [0.1, 0.15) is 39.0 Å². The van der Waals surface area contributed by atoms with E-state index in [2.05, 4.69) is 17.5 Å². The number of hydrogen-bond acceptors (Lipinski definition) is 5. The molecule has 4 saturated carbocycles. The number of ether oxygens (including phenoxy) is 1. The van der Waals surface area contributed by atoms with Crippen molar-refractivity contribution in [1.29, 1.82) is 0 Å². The SMILES string of the molecule is CCC1(OC(=O)C2(C34NI3N4)N[I-]2)C2CC1C1C3CCC(C3)C12. The number of carbonyl (C=O) groups excluding carboxylic acids is 1. The Morgan fingerprint density at radius 1 is 1.22 bits per heavy atom. The zero-order valence-corrected chi connectivity index (χ0v) is 17.4. The van der Waals surface area contributed by atoms with Crippen LogP contribution in [-0.4, -0.2) is 18.8 Å². The van der Waals surface area contributed by atoms with Crippen LogP contribution < -0.4 is 32.1 Å². The number of nitrogens with one attached hydrogen (secondary N) is 3. The van der Waals surface area contributed by atoms with Crippen molar-refractivity contribution < 1.29 is 31.0 Å². The Balaban J connectivity index is 1.20. The Labute approximate surface area is 154 Å². The van der Waals surface area contributed by atoms with Gasteiger partial charge in [0.15, 0.2) is 0 Å². The molecule has 3 N–H and O–H groups in total. The quantitative estimate of drug-likeness (QED) is 0.0765. The molecule has 5 nitrogen and oxygen atoms in total. The summed E-state index contributed by atoms with van der Waals surface area (Å²) >= 11 is -1.31. The molecular weight excluding hydrogens is 520 g/mol. The molecule has 7 atom stereocenters. The molecule has 0 aromatic heterocycles. The molecule has 23 heavy (non-hydrogen) atoms. The molecule has 0 aromatic carbocycles. The van der Waals surface area contributed by atoms with E-state index in [0.29, 0.717) is 11.8 Å². The number of alkyl halides is 2. The van der Waals surface area contributed by atoms with Crippen molar-refractivity contribution >= 4 is 26.3 Å². The Hall–Kier alpha value is 0.810. The fraction of sp³-hybridized carbons (Fsp3) is 0.938. The number of esters is 1. The van der Waals surface area contributed by atoms with E-state index >= 15 is 0 Å². The van der Waals surface area contributed by atoms with Crippen LogP contribution in [0.2, 0.25) is 0 Å². The second-order valence-corrected chi connectivity index (χ2v) is 15.6. The zero-order valence-electron chi connectivity index (χ0n) is 13.1. The van der Waals surface area contributed by atoms with Gasteiger partial charge in [-0.05, 0) is 0 Å². The standard InChI is InChI=1S/C16H22I2N3O2/c1-2-14(23-13(22)15(17-19-15)16-18(20-16)21-16)9-6-10(14)12-8-4-3-7(5-8)11(9)12/h7-12,19-21H,2-6H2,1H3/q-1. The minimum atomic E-state index is -1.09. The molecule has 0 amide bonds. The van der Waals surface area contributed by atoms with Crippen molar-refractivity contribution in [3.05, 3.63) is 0 Å². The van der Waals surface area contributed by atoms with Crippen molar-refractivity contribution in [2.45, 2.75) is 51.8 Å². The van der Waals surface area contributed by atoms with Crippen molar-refractivity contribution in [2.75, 3.05) is 0 Å². The van der Waals surface area contributed by atoms with E-state index in [4.69, 9.17) is 4.74 Å². The van der Waals surface area contributed by atoms with Crippen LogP contribution in [0.3, 0.4) is 0 Å². The molecule has 128 valence electrons. The number of carbonyl (C=O) groups is 1. The molecule has 7 fully saturated rings. The van der Waals surface area contributed by atoms with Crippen LogP contribution in [0.4, 0.5) is 0 Å². The van der Waals surface area contributed by atoms with Gasteiger partial charge < -0.3 is 0 Å². The number of halogens is 2. The Bertz CT molecular complexity index is 625. The van der Waals surface area contributed by atoms with Gasteiger partial charge in [0.1, 0.15) is 0 Å². The van der Waals surface area contributed by atoms with Crippen LogP contribution in [0.5, 0.6) is 0 Å². The van der Waals surface area contributed by atoms with Gasteiger partial charge in [-0.15, -0.1) is 0 Å². The first-order valence-corrected chi connectivity index (χ1v) is 14.5. The van der Waals surface area contributed by atoms with Gasteiger partial charge >= 0.3 is 155 Å². The first-order chi connectivity index (χ1) is 11.2. The zero-order chi connectivity index (χ0) is 15.2. The summed E-state index contributed by atoms with van der Waals surface area (Å²) in [5, 5.41) is 0. The van der Waals surface area contributed by atoms with Gasteiger partial charge in [0, 0.05) is 0 Å². The molecule has 3 saturated heterocycles. The third kappa shape index (κ3) is 1.34. The van der Waals surface area contributed by atoms with E-state index in [-0.39, 0.29) is 40.3 Å². The van der Waals surface area contributed by atoms with Gasteiger partial charge in [0.25, 0.3) is 0 Å². The maximum atomic E-state index is 13.1. The molecule has 7 unspecified atom stereocenters. The summed E-state index contributed by atoms with van der Waals surface area (Å²) in [6, 6.07) is 0. The summed E-state index contributed by atoms with van der Waals surface area (Å²) in [6.07, 6.45) is 6.76. The topological polar surface area (TPSA) is 92.1 Å². The molecule has 0 aromatic rings. The second-order valence-electron chi connectivity index (χ2n) is 8.61. The molecule has 7 heteroatoms. The summed E-state index contributed by atoms with van der Waals surface area (Å²) in [5.41, 5.74) is -0.0891. The molecule has 0 radical (unpaired) electrons. The summed E-state index contributed by atoms with van der Waals surface area (Å²) < 4.78 is 16.8. The predicted octanol–water partition coefficient (Wildman–Crippen LogP) is -1.51. The molecule has 3 heterocycles. The molecule has 0 spiro atoms. The Morgan fingerprint density at radius 2 is 1.83 bits per heavy atom. The van der Waals surface area contributed by atoms with Gasteiger partial charge in [-0.3, -0.25) is 0 Å². The molecule has 7 rings (SSSR count). The van der Waals surface area contributed by atoms with E-state index < -0.39 is 20.4 Å². The number of hydrogen-bond donors (Lipinski definition) is 3. The third-order valence-corrected chi connectivity index (χ3v) is 16.8. The fourth-order valence-electron chi connectivity index (χ4n) is 7.20. The second kappa shape index (κ2) is 3.89. The van der Waals surface area contributed by atoms with Gasteiger partial charge in [-0.1, -0.05) is 0 Å². The van der Waals surface area contributed by atoms with Crippen LogP contribution in [-0.2, 0) is 9.53 Å². The van der Waals surface area contributed by atoms with Crippen molar-refractivity contribution in [3.8, 4) is 0 Å². The van der Waals surface area contributed by atoms with Crippen LogP contribution in [0, 0.1) is 35.5 Å². The summed E-state index contributed by atoms with van der Waals surface area (Å²) in [4.78, 5) is 13.1. The van der Waals surface area contributed by atoms with E-state index in [1.807, 2.05) is 0 Å². The van der Waals surface area contributed by atoms with Crippen molar-refractivity contribution in [1.82, 2.24) is 10.6 Å². The fourth-order valence-corrected chi connectivity index (χ4v) is 17.2. The van der Waals surface area contributed by atoms with Crippen molar-refractivity contribution in [3.63, 3.8) is 0 Å². The third-order valence-electron chi connectivity index (χ3n) is 8.28. The van der Waals surface area contributed by atoms with E-state index in [1.165, 1.54) is 25.7 Å². The van der Waals surface area contributed by atoms with E-state index in [0.717, 1.165) is 30.1 Å². The molecule has 3 aliphatic heterocycles. The average Bonchev–Trinajstić information content (AvgIpc) is 3.41. The van der Waals surface area contributed by atoms with Gasteiger partial charge in [0.05, 0.1) is 0 Å². The maximum absolute atomic E-state index is 13.1.